The zero-order valence-corrected chi connectivity index (χ0v) is 14.3. The number of aryl methyl sites for hydroxylation is 1. The third-order valence-corrected chi connectivity index (χ3v) is 4.77. The Balaban J connectivity index is 1.51. The van der Waals surface area contributed by atoms with Crippen LogP contribution in [0.4, 0.5) is 10.5 Å². The van der Waals surface area contributed by atoms with Crippen LogP contribution >= 0.6 is 0 Å². The molecule has 0 spiro atoms. The zero-order valence-electron chi connectivity index (χ0n) is 14.3. The summed E-state index contributed by atoms with van der Waals surface area (Å²) in [5, 5.41) is 3.00. The Hall–Kier alpha value is -2.69. The van der Waals surface area contributed by atoms with E-state index in [-0.39, 0.29) is 12.1 Å². The summed E-state index contributed by atoms with van der Waals surface area (Å²) in [4.78, 5) is 14.6. The highest BCUT2D eigenvalue weighted by atomic mass is 16.6. The van der Waals surface area contributed by atoms with Crippen LogP contribution in [0.1, 0.15) is 30.0 Å². The van der Waals surface area contributed by atoms with Crippen molar-refractivity contribution in [3.8, 4) is 11.5 Å². The van der Waals surface area contributed by atoms with Crippen LogP contribution in [0.3, 0.4) is 0 Å². The molecule has 0 radical (unpaired) electrons. The van der Waals surface area contributed by atoms with Crippen LogP contribution in [0, 0.1) is 6.92 Å². The molecule has 25 heavy (non-hydrogen) atoms. The summed E-state index contributed by atoms with van der Waals surface area (Å²) in [6.45, 7) is 3.94. The number of carbonyl (C=O) groups is 1. The number of carbonyl (C=O) groups excluding carboxylic acids is 1. The van der Waals surface area contributed by atoms with Crippen molar-refractivity contribution < 1.29 is 14.3 Å². The van der Waals surface area contributed by atoms with Crippen molar-refractivity contribution in [3.05, 3.63) is 53.6 Å². The Kier molecular flexibility index (Phi) is 4.22. The third kappa shape index (κ3) is 3.27. The van der Waals surface area contributed by atoms with Gasteiger partial charge in [0.05, 0.1) is 6.04 Å². The summed E-state index contributed by atoms with van der Waals surface area (Å²) in [5.74, 6) is 1.55. The van der Waals surface area contributed by atoms with Gasteiger partial charge in [0.25, 0.3) is 0 Å². The molecule has 2 amide bonds. The van der Waals surface area contributed by atoms with Gasteiger partial charge in [0.15, 0.2) is 11.5 Å². The Bertz CT molecular complexity index is 773. The molecule has 5 nitrogen and oxygen atoms in total. The zero-order chi connectivity index (χ0) is 17.2. The molecule has 2 aliphatic heterocycles. The first-order chi connectivity index (χ1) is 12.2. The van der Waals surface area contributed by atoms with Gasteiger partial charge in [-0.1, -0.05) is 23.8 Å². The highest BCUT2D eigenvalue weighted by molar-refractivity contribution is 5.89. The van der Waals surface area contributed by atoms with E-state index >= 15 is 0 Å². The van der Waals surface area contributed by atoms with Gasteiger partial charge < -0.3 is 19.7 Å². The third-order valence-electron chi connectivity index (χ3n) is 4.77. The largest absolute Gasteiger partial charge is 0.486 e. The summed E-state index contributed by atoms with van der Waals surface area (Å²) in [5.41, 5.74) is 3.09. The van der Waals surface area contributed by atoms with E-state index in [1.54, 1.807) is 0 Å². The molecule has 0 aromatic heterocycles. The second-order valence-electron chi connectivity index (χ2n) is 6.55. The molecule has 1 saturated heterocycles. The molecule has 2 aromatic rings. The molecule has 1 atom stereocenters. The molecule has 1 unspecified atom stereocenters. The maximum atomic E-state index is 12.7. The fourth-order valence-corrected chi connectivity index (χ4v) is 3.46. The lowest BCUT2D eigenvalue weighted by atomic mass is 10.0. The van der Waals surface area contributed by atoms with E-state index in [9.17, 15) is 4.79 Å². The Morgan fingerprint density at radius 2 is 1.84 bits per heavy atom. The standard InChI is InChI=1S/C20H22N2O3/c1-14-4-7-16(8-5-14)21-20(23)22-10-2-3-17(22)15-6-9-18-19(13-15)25-12-11-24-18/h4-9,13,17H,2-3,10-12H2,1H3,(H,21,23). The lowest BCUT2D eigenvalue weighted by Gasteiger charge is -2.27. The Labute approximate surface area is 147 Å². The minimum atomic E-state index is -0.0544. The molecule has 2 heterocycles. The van der Waals surface area contributed by atoms with Crippen LogP contribution in [-0.4, -0.2) is 30.7 Å². The van der Waals surface area contributed by atoms with E-state index in [1.165, 1.54) is 5.56 Å². The molecule has 2 aromatic carbocycles. The highest BCUT2D eigenvalue weighted by Crippen LogP contribution is 2.38. The maximum absolute atomic E-state index is 12.7. The van der Waals surface area contributed by atoms with Crippen molar-refractivity contribution in [1.29, 1.82) is 0 Å². The summed E-state index contributed by atoms with van der Waals surface area (Å²) >= 11 is 0. The number of ether oxygens (including phenoxy) is 2. The topological polar surface area (TPSA) is 50.8 Å². The van der Waals surface area contributed by atoms with Gasteiger partial charge in [-0.25, -0.2) is 4.79 Å². The Morgan fingerprint density at radius 3 is 2.64 bits per heavy atom. The van der Waals surface area contributed by atoms with Crippen molar-refractivity contribution in [2.75, 3.05) is 25.1 Å². The fraction of sp³-hybridized carbons (Fsp3) is 0.350. The highest BCUT2D eigenvalue weighted by Gasteiger charge is 2.31. The van der Waals surface area contributed by atoms with Crippen LogP contribution in [0.5, 0.6) is 11.5 Å². The molecular formula is C20H22N2O3. The van der Waals surface area contributed by atoms with Crippen LogP contribution in [0.25, 0.3) is 0 Å². The monoisotopic (exact) mass is 338 g/mol. The Morgan fingerprint density at radius 1 is 1.08 bits per heavy atom. The van der Waals surface area contributed by atoms with Crippen molar-refractivity contribution in [2.24, 2.45) is 0 Å². The molecule has 0 aliphatic carbocycles. The van der Waals surface area contributed by atoms with E-state index in [0.29, 0.717) is 13.2 Å². The number of nitrogens with zero attached hydrogens (tertiary/aromatic N) is 1. The lowest BCUT2D eigenvalue weighted by molar-refractivity contribution is 0.170. The predicted octanol–water partition coefficient (Wildman–Crippen LogP) is 4.14. The number of amides is 2. The van der Waals surface area contributed by atoms with E-state index in [4.69, 9.17) is 9.47 Å². The second-order valence-corrected chi connectivity index (χ2v) is 6.55. The summed E-state index contributed by atoms with van der Waals surface area (Å²) < 4.78 is 11.3. The quantitative estimate of drug-likeness (QED) is 0.895. The molecular weight excluding hydrogens is 316 g/mol. The van der Waals surface area contributed by atoms with Gasteiger partial charge >= 0.3 is 6.03 Å². The van der Waals surface area contributed by atoms with Gasteiger partial charge in [0, 0.05) is 12.2 Å². The van der Waals surface area contributed by atoms with Crippen molar-refractivity contribution >= 4 is 11.7 Å². The SMILES string of the molecule is Cc1ccc(NC(=O)N2CCCC2c2ccc3c(c2)OCCO3)cc1. The molecule has 1 N–H and O–H groups in total. The van der Waals surface area contributed by atoms with Crippen LogP contribution in [-0.2, 0) is 0 Å². The van der Waals surface area contributed by atoms with Crippen LogP contribution in [0.2, 0.25) is 0 Å². The van der Waals surface area contributed by atoms with Gasteiger partial charge in [-0.2, -0.15) is 0 Å². The summed E-state index contributed by atoms with van der Waals surface area (Å²) in [7, 11) is 0. The van der Waals surface area contributed by atoms with Gasteiger partial charge in [-0.3, -0.25) is 0 Å². The smallest absolute Gasteiger partial charge is 0.322 e. The average molecular weight is 338 g/mol. The minimum Gasteiger partial charge on any atom is -0.486 e. The molecule has 0 saturated carbocycles. The van der Waals surface area contributed by atoms with Crippen LogP contribution in [0.15, 0.2) is 42.5 Å². The fourth-order valence-electron chi connectivity index (χ4n) is 3.46. The van der Waals surface area contributed by atoms with E-state index in [2.05, 4.69) is 5.32 Å². The number of likely N-dealkylation sites (tertiary alicyclic amines) is 1. The first-order valence-corrected chi connectivity index (χ1v) is 8.74. The molecule has 130 valence electrons. The molecule has 1 fully saturated rings. The number of hydrogen-bond acceptors (Lipinski definition) is 3. The minimum absolute atomic E-state index is 0.0544. The first-order valence-electron chi connectivity index (χ1n) is 8.74. The molecule has 2 aliphatic rings. The van der Waals surface area contributed by atoms with Gasteiger partial charge in [0.2, 0.25) is 0 Å². The summed E-state index contributed by atoms with van der Waals surface area (Å²) in [6, 6.07) is 13.9. The summed E-state index contributed by atoms with van der Waals surface area (Å²) in [6.07, 6.45) is 1.96. The first kappa shape index (κ1) is 15.8. The maximum Gasteiger partial charge on any atom is 0.322 e. The van der Waals surface area contributed by atoms with Crippen molar-refractivity contribution in [1.82, 2.24) is 4.90 Å². The molecule has 5 heteroatoms. The number of urea groups is 1. The van der Waals surface area contributed by atoms with Crippen molar-refractivity contribution in [2.45, 2.75) is 25.8 Å². The number of anilines is 1. The normalized spacial score (nSPS) is 18.9. The van der Waals surface area contributed by atoms with E-state index in [0.717, 1.165) is 42.1 Å². The number of benzene rings is 2. The van der Waals surface area contributed by atoms with Gasteiger partial charge in [-0.05, 0) is 49.6 Å². The van der Waals surface area contributed by atoms with Gasteiger partial charge in [0.1, 0.15) is 13.2 Å². The van der Waals surface area contributed by atoms with Crippen molar-refractivity contribution in [3.63, 3.8) is 0 Å². The molecule has 0 bridgehead atoms. The van der Waals surface area contributed by atoms with Crippen LogP contribution < -0.4 is 14.8 Å². The van der Waals surface area contributed by atoms with E-state index < -0.39 is 0 Å². The number of rotatable bonds is 2. The predicted molar refractivity (Wildman–Crippen MR) is 96.3 cm³/mol. The average Bonchev–Trinajstić information content (AvgIpc) is 3.13. The van der Waals surface area contributed by atoms with E-state index in [1.807, 2.05) is 54.3 Å². The number of fused-ring (bicyclic) bond motifs is 1. The van der Waals surface area contributed by atoms with Gasteiger partial charge in [-0.15, -0.1) is 0 Å². The molecule has 4 rings (SSSR count). The number of hydrogen-bond donors (Lipinski definition) is 1. The lowest BCUT2D eigenvalue weighted by Crippen LogP contribution is -2.34. The second kappa shape index (κ2) is 6.67. The number of nitrogens with one attached hydrogen (secondary N) is 1.